The standard InChI is InChI=1S/C28H30ClN5O2/c1-17(2)18(3)24-19(4)34-20(5)32-33-26(34)28(6,30-25(24)22-12-14-23(29)15-13-22)31-27(35)36-16-21-10-8-7-9-11-21/h7-15H,16H2,1-6H3,(H,31,35). The van der Waals surface area contributed by atoms with Gasteiger partial charge in [-0.05, 0) is 64.8 Å². The number of aliphatic imine (C=N–C) groups is 1. The first kappa shape index (κ1) is 25.4. The van der Waals surface area contributed by atoms with E-state index in [2.05, 4.69) is 36.3 Å². The van der Waals surface area contributed by atoms with Crippen molar-refractivity contribution in [3.05, 3.63) is 99.1 Å². The van der Waals surface area contributed by atoms with E-state index in [9.17, 15) is 4.79 Å². The molecule has 1 unspecified atom stereocenters. The smallest absolute Gasteiger partial charge is 0.409 e. The summed E-state index contributed by atoms with van der Waals surface area (Å²) in [6.45, 7) is 12.1. The van der Waals surface area contributed by atoms with Crippen LogP contribution in [0.15, 0.2) is 76.3 Å². The number of carbonyl (C=O) groups excluding carboxylic acids is 1. The van der Waals surface area contributed by atoms with Crippen molar-refractivity contribution in [2.45, 2.75) is 53.8 Å². The fourth-order valence-electron chi connectivity index (χ4n) is 4.25. The van der Waals surface area contributed by atoms with Gasteiger partial charge >= 0.3 is 6.09 Å². The third-order valence-corrected chi connectivity index (χ3v) is 6.58. The number of rotatable bonds is 5. The first-order valence-electron chi connectivity index (χ1n) is 11.7. The quantitative estimate of drug-likeness (QED) is 0.435. The van der Waals surface area contributed by atoms with Crippen molar-refractivity contribution in [1.82, 2.24) is 20.1 Å². The molecule has 2 aromatic carbocycles. The maximum atomic E-state index is 13.0. The van der Waals surface area contributed by atoms with Gasteiger partial charge in [-0.3, -0.25) is 9.88 Å². The molecule has 1 aliphatic rings. The molecule has 7 nitrogen and oxygen atoms in total. The Hall–Kier alpha value is -3.71. The van der Waals surface area contributed by atoms with Crippen LogP contribution in [-0.2, 0) is 17.0 Å². The summed E-state index contributed by atoms with van der Waals surface area (Å²) in [5.74, 6) is 1.19. The lowest BCUT2D eigenvalue weighted by Gasteiger charge is -2.25. The van der Waals surface area contributed by atoms with Gasteiger partial charge in [-0.25, -0.2) is 9.79 Å². The maximum Gasteiger partial charge on any atom is 0.409 e. The number of halogens is 1. The van der Waals surface area contributed by atoms with Crippen molar-refractivity contribution < 1.29 is 9.53 Å². The van der Waals surface area contributed by atoms with Gasteiger partial charge in [0.15, 0.2) is 11.5 Å². The zero-order valence-corrected chi connectivity index (χ0v) is 22.1. The van der Waals surface area contributed by atoms with Gasteiger partial charge in [-0.2, -0.15) is 0 Å². The number of nitrogens with one attached hydrogen (secondary N) is 1. The molecule has 1 aromatic heterocycles. The molecule has 0 fully saturated rings. The van der Waals surface area contributed by atoms with Crippen molar-refractivity contribution >= 4 is 29.1 Å². The SMILES string of the molecule is CC(C)=C(C)C1=C(C)n2c(C)nnc2C(C)(NC(=O)OCc2ccccc2)N=C1c1ccc(Cl)cc1. The molecule has 0 aliphatic carbocycles. The van der Waals surface area contributed by atoms with Crippen LogP contribution in [-0.4, -0.2) is 26.6 Å². The van der Waals surface area contributed by atoms with Crippen LogP contribution in [0, 0.1) is 6.92 Å². The summed E-state index contributed by atoms with van der Waals surface area (Å²) in [7, 11) is 0. The summed E-state index contributed by atoms with van der Waals surface area (Å²) in [5, 5.41) is 12.3. The number of amides is 1. The monoisotopic (exact) mass is 503 g/mol. The minimum absolute atomic E-state index is 0.141. The first-order chi connectivity index (χ1) is 17.1. The number of hydrogen-bond acceptors (Lipinski definition) is 5. The minimum atomic E-state index is -1.26. The molecule has 3 aromatic rings. The van der Waals surface area contributed by atoms with Crippen molar-refractivity contribution in [3.63, 3.8) is 0 Å². The Morgan fingerprint density at radius 3 is 2.33 bits per heavy atom. The van der Waals surface area contributed by atoms with Crippen LogP contribution in [0.4, 0.5) is 4.79 Å². The van der Waals surface area contributed by atoms with Crippen LogP contribution in [0.1, 0.15) is 57.4 Å². The molecule has 1 N–H and O–H groups in total. The maximum absolute atomic E-state index is 13.0. The van der Waals surface area contributed by atoms with Crippen LogP contribution < -0.4 is 5.32 Å². The van der Waals surface area contributed by atoms with E-state index in [1.54, 1.807) is 6.92 Å². The van der Waals surface area contributed by atoms with Crippen LogP contribution in [0.3, 0.4) is 0 Å². The van der Waals surface area contributed by atoms with Crippen LogP contribution >= 0.6 is 11.6 Å². The summed E-state index contributed by atoms with van der Waals surface area (Å²) in [6.07, 6.45) is -0.604. The van der Waals surface area contributed by atoms with Gasteiger partial charge in [-0.1, -0.05) is 59.6 Å². The third-order valence-electron chi connectivity index (χ3n) is 6.33. The summed E-state index contributed by atoms with van der Waals surface area (Å²) in [4.78, 5) is 18.1. The largest absolute Gasteiger partial charge is 0.445 e. The number of alkyl carbamates (subject to hydrolysis) is 1. The molecule has 0 saturated carbocycles. The number of aromatic nitrogens is 3. The van der Waals surface area contributed by atoms with Gasteiger partial charge in [0.2, 0.25) is 0 Å². The molecule has 36 heavy (non-hydrogen) atoms. The lowest BCUT2D eigenvalue weighted by Crippen LogP contribution is -2.44. The number of benzene rings is 2. The van der Waals surface area contributed by atoms with E-state index in [0.29, 0.717) is 16.7 Å². The number of fused-ring (bicyclic) bond motifs is 1. The predicted octanol–water partition coefficient (Wildman–Crippen LogP) is 6.43. The van der Waals surface area contributed by atoms with Gasteiger partial charge in [0.05, 0.1) is 5.71 Å². The van der Waals surface area contributed by atoms with Crippen molar-refractivity contribution in [3.8, 4) is 0 Å². The average Bonchev–Trinajstić information content (AvgIpc) is 3.21. The molecule has 0 radical (unpaired) electrons. The van der Waals surface area contributed by atoms with Crippen molar-refractivity contribution in [2.24, 2.45) is 4.99 Å². The molecule has 8 heteroatoms. The Morgan fingerprint density at radius 2 is 1.69 bits per heavy atom. The third kappa shape index (κ3) is 4.97. The predicted molar refractivity (Wildman–Crippen MR) is 143 cm³/mol. The first-order valence-corrected chi connectivity index (χ1v) is 12.1. The minimum Gasteiger partial charge on any atom is -0.445 e. The zero-order chi connectivity index (χ0) is 26.0. The summed E-state index contributed by atoms with van der Waals surface area (Å²) >= 11 is 6.19. The lowest BCUT2D eigenvalue weighted by molar-refractivity contribution is 0.127. The average molecular weight is 504 g/mol. The van der Waals surface area contributed by atoms with Gasteiger partial charge < -0.3 is 4.74 Å². The number of carbonyl (C=O) groups is 1. The lowest BCUT2D eigenvalue weighted by atomic mass is 9.92. The van der Waals surface area contributed by atoms with E-state index < -0.39 is 11.8 Å². The Bertz CT molecular complexity index is 1380. The number of nitrogens with zero attached hydrogens (tertiary/aromatic N) is 4. The molecule has 2 heterocycles. The molecular weight excluding hydrogens is 474 g/mol. The molecule has 1 aliphatic heterocycles. The second-order valence-electron chi connectivity index (χ2n) is 9.22. The van der Waals surface area contributed by atoms with Crippen molar-refractivity contribution in [1.29, 1.82) is 0 Å². The molecule has 186 valence electrons. The van der Waals surface area contributed by atoms with Gasteiger partial charge in [0, 0.05) is 21.9 Å². The van der Waals surface area contributed by atoms with Gasteiger partial charge in [0.1, 0.15) is 12.4 Å². The van der Waals surface area contributed by atoms with Crippen LogP contribution in [0.5, 0.6) is 0 Å². The molecule has 0 bridgehead atoms. The highest BCUT2D eigenvalue weighted by Crippen LogP contribution is 2.36. The van der Waals surface area contributed by atoms with Gasteiger partial charge in [0.25, 0.3) is 0 Å². The summed E-state index contributed by atoms with van der Waals surface area (Å²) in [6, 6.07) is 17.0. The number of hydrogen-bond donors (Lipinski definition) is 1. The molecular formula is C28H30ClN5O2. The molecule has 1 amide bonds. The fourth-order valence-corrected chi connectivity index (χ4v) is 4.38. The Kier molecular flexibility index (Phi) is 7.13. The Morgan fingerprint density at radius 1 is 1.03 bits per heavy atom. The van der Waals surface area contributed by atoms with Crippen molar-refractivity contribution in [2.75, 3.05) is 0 Å². The molecule has 1 atom stereocenters. The van der Waals surface area contributed by atoms with E-state index in [1.807, 2.05) is 73.0 Å². The Balaban J connectivity index is 1.85. The number of aryl methyl sites for hydroxylation is 1. The molecule has 0 saturated heterocycles. The summed E-state index contributed by atoms with van der Waals surface area (Å²) in [5.41, 5.74) is 5.33. The van der Waals surface area contributed by atoms with Crippen LogP contribution in [0.25, 0.3) is 5.70 Å². The highest BCUT2D eigenvalue weighted by Gasteiger charge is 2.39. The van der Waals surface area contributed by atoms with E-state index >= 15 is 0 Å². The topological polar surface area (TPSA) is 81.4 Å². The van der Waals surface area contributed by atoms with Crippen LogP contribution in [0.2, 0.25) is 5.02 Å². The molecule has 0 spiro atoms. The zero-order valence-electron chi connectivity index (χ0n) is 21.4. The van der Waals surface area contributed by atoms with E-state index in [-0.39, 0.29) is 6.61 Å². The normalized spacial score (nSPS) is 17.1. The van der Waals surface area contributed by atoms with E-state index in [4.69, 9.17) is 21.3 Å². The highest BCUT2D eigenvalue weighted by molar-refractivity contribution is 6.30. The highest BCUT2D eigenvalue weighted by atomic mass is 35.5. The Labute approximate surface area is 216 Å². The fraction of sp³-hybridized carbons (Fsp3) is 0.286. The van der Waals surface area contributed by atoms with E-state index in [0.717, 1.165) is 39.3 Å². The van der Waals surface area contributed by atoms with Gasteiger partial charge in [-0.15, -0.1) is 10.2 Å². The second-order valence-corrected chi connectivity index (χ2v) is 9.65. The molecule has 4 rings (SSSR count). The van der Waals surface area contributed by atoms with E-state index in [1.165, 1.54) is 0 Å². The number of ether oxygens (including phenoxy) is 1. The second kappa shape index (κ2) is 10.1. The summed E-state index contributed by atoms with van der Waals surface area (Å²) < 4.78 is 7.49. The number of allylic oxidation sites excluding steroid dienone is 4.